The highest BCUT2D eigenvalue weighted by atomic mass is 32.2. The Morgan fingerprint density at radius 2 is 1.35 bits per heavy atom. The summed E-state index contributed by atoms with van der Waals surface area (Å²) in [5, 5.41) is 0. The number of rotatable bonds is 8. The van der Waals surface area contributed by atoms with Gasteiger partial charge in [0.2, 0.25) is 0 Å². The van der Waals surface area contributed by atoms with Crippen molar-refractivity contribution in [3.63, 3.8) is 0 Å². The van der Waals surface area contributed by atoms with Gasteiger partial charge in [-0.25, -0.2) is 0 Å². The van der Waals surface area contributed by atoms with E-state index in [0.29, 0.717) is 0 Å². The molecule has 0 rings (SSSR count). The minimum Gasteiger partial charge on any atom is -0.469 e. The summed E-state index contributed by atoms with van der Waals surface area (Å²) in [5.41, 5.74) is 0. The summed E-state index contributed by atoms with van der Waals surface area (Å²) < 4.78 is 45.4. The van der Waals surface area contributed by atoms with Gasteiger partial charge in [0.25, 0.3) is 5.78 Å². The number of hydrogen-bond donors (Lipinski definition) is 0. The molecule has 0 amide bonds. The van der Waals surface area contributed by atoms with Crippen LogP contribution in [0.1, 0.15) is 12.8 Å². The molecule has 0 fully saturated rings. The van der Waals surface area contributed by atoms with Crippen LogP contribution >= 0.6 is 0 Å². The highest BCUT2D eigenvalue weighted by molar-refractivity contribution is 7.97. The van der Waals surface area contributed by atoms with E-state index in [0.717, 1.165) is 14.2 Å². The lowest BCUT2D eigenvalue weighted by molar-refractivity contribution is -0.168. The third-order valence-corrected chi connectivity index (χ3v) is 4.53. The number of hydrogen-bond acceptors (Lipinski definition) is 5. The fourth-order valence-electron chi connectivity index (χ4n) is 1.17. The van der Waals surface area contributed by atoms with Gasteiger partial charge in [0.1, 0.15) is 11.5 Å². The molecule has 0 unspecified atom stereocenters. The molecule has 0 atom stereocenters. The van der Waals surface area contributed by atoms with Crippen molar-refractivity contribution in [2.75, 3.05) is 31.5 Å². The zero-order valence-electron chi connectivity index (χ0n) is 11.1. The molecule has 0 saturated heterocycles. The number of methoxy groups -OCH3 is 2. The minimum absolute atomic E-state index is 0.0749. The van der Waals surface area contributed by atoms with Gasteiger partial charge in [-0.05, 0) is 10.9 Å². The van der Waals surface area contributed by atoms with Gasteiger partial charge < -0.3 is 9.47 Å². The Kier molecular flexibility index (Phi) is 8.28. The van der Waals surface area contributed by atoms with Crippen molar-refractivity contribution in [3.05, 3.63) is 0 Å². The molecule has 0 bridgehead atoms. The molecule has 0 aliphatic carbocycles. The zero-order valence-corrected chi connectivity index (χ0v) is 11.9. The normalized spacial score (nSPS) is 11.3. The van der Waals surface area contributed by atoms with E-state index in [1.165, 1.54) is 0 Å². The Labute approximate surface area is 117 Å². The van der Waals surface area contributed by atoms with Gasteiger partial charge in [-0.3, -0.25) is 14.4 Å². The second kappa shape index (κ2) is 8.83. The lowest BCUT2D eigenvalue weighted by Crippen LogP contribution is -2.33. The fourth-order valence-corrected chi connectivity index (χ4v) is 3.11. The monoisotopic (exact) mass is 317 g/mol. The van der Waals surface area contributed by atoms with Crippen LogP contribution in [0.2, 0.25) is 0 Å². The SMILES string of the molecule is COC(=O)CC[S+](CCC(=O)OC)CC(=O)C(F)(F)F. The number of alkyl halides is 3. The Balaban J connectivity index is 4.49. The van der Waals surface area contributed by atoms with Gasteiger partial charge in [-0.1, -0.05) is 0 Å². The molecule has 0 aliphatic rings. The molecule has 0 aromatic carbocycles. The van der Waals surface area contributed by atoms with E-state index in [4.69, 9.17) is 0 Å². The molecule has 116 valence electrons. The standard InChI is InChI=1S/C11H16F3O5S/c1-18-9(16)3-5-20(6-4-10(17)19-2)7-8(15)11(12,13)14/h3-7H2,1-2H3/q+1. The summed E-state index contributed by atoms with van der Waals surface area (Å²) in [7, 11) is 1.31. The van der Waals surface area contributed by atoms with E-state index < -0.39 is 40.5 Å². The molecule has 0 aliphatic heterocycles. The zero-order chi connectivity index (χ0) is 15.8. The molecule has 5 nitrogen and oxygen atoms in total. The molecule has 9 heteroatoms. The lowest BCUT2D eigenvalue weighted by Gasteiger charge is -2.09. The van der Waals surface area contributed by atoms with E-state index >= 15 is 0 Å². The molecule has 0 saturated carbocycles. The smallest absolute Gasteiger partial charge is 0.455 e. The number of Topliss-reactive ketones (excluding diaryl/α,β-unsaturated/α-hetero) is 1. The van der Waals surface area contributed by atoms with Crippen LogP contribution in [-0.2, 0) is 34.8 Å². The second-order valence-electron chi connectivity index (χ2n) is 3.74. The first-order chi connectivity index (χ1) is 9.20. The van der Waals surface area contributed by atoms with Crippen molar-refractivity contribution in [2.24, 2.45) is 0 Å². The van der Waals surface area contributed by atoms with Crippen molar-refractivity contribution in [2.45, 2.75) is 19.0 Å². The molecular weight excluding hydrogens is 301 g/mol. The third kappa shape index (κ3) is 8.03. The van der Waals surface area contributed by atoms with Gasteiger partial charge >= 0.3 is 18.1 Å². The number of ether oxygens (including phenoxy) is 2. The highest BCUT2D eigenvalue weighted by Crippen LogP contribution is 2.18. The van der Waals surface area contributed by atoms with Gasteiger partial charge in [0.05, 0.1) is 27.1 Å². The number of carbonyl (C=O) groups is 3. The van der Waals surface area contributed by atoms with Crippen molar-refractivity contribution in [3.8, 4) is 0 Å². The van der Waals surface area contributed by atoms with E-state index in [1.807, 2.05) is 0 Å². The second-order valence-corrected chi connectivity index (χ2v) is 6.07. The van der Waals surface area contributed by atoms with E-state index in [1.54, 1.807) is 0 Å². The van der Waals surface area contributed by atoms with Crippen LogP contribution in [0.4, 0.5) is 13.2 Å². The first kappa shape index (κ1) is 18.8. The molecule has 0 radical (unpaired) electrons. The van der Waals surface area contributed by atoms with Gasteiger partial charge in [-0.15, -0.1) is 0 Å². The van der Waals surface area contributed by atoms with Crippen LogP contribution in [0, 0.1) is 0 Å². The molecule has 0 spiro atoms. The molecule has 20 heavy (non-hydrogen) atoms. The van der Waals surface area contributed by atoms with Crippen molar-refractivity contribution < 1.29 is 37.0 Å². The van der Waals surface area contributed by atoms with Crippen LogP contribution in [0.15, 0.2) is 0 Å². The van der Waals surface area contributed by atoms with E-state index in [2.05, 4.69) is 9.47 Å². The van der Waals surface area contributed by atoms with Gasteiger partial charge in [0, 0.05) is 0 Å². The summed E-state index contributed by atoms with van der Waals surface area (Å²) in [5.74, 6) is -3.57. The number of esters is 2. The topological polar surface area (TPSA) is 69.7 Å². The molecule has 0 heterocycles. The average molecular weight is 317 g/mol. The molecule has 0 aromatic heterocycles. The van der Waals surface area contributed by atoms with Gasteiger partial charge in [0.15, 0.2) is 5.75 Å². The molecule has 0 N–H and O–H groups in total. The maximum Gasteiger partial charge on any atom is 0.455 e. The van der Waals surface area contributed by atoms with Crippen LogP contribution in [0.5, 0.6) is 0 Å². The Morgan fingerprint density at radius 3 is 1.65 bits per heavy atom. The van der Waals surface area contributed by atoms with E-state index in [-0.39, 0.29) is 24.3 Å². The summed E-state index contributed by atoms with van der Waals surface area (Å²) in [6.45, 7) is 0. The van der Waals surface area contributed by atoms with Crippen LogP contribution in [0.3, 0.4) is 0 Å². The van der Waals surface area contributed by atoms with Crippen LogP contribution < -0.4 is 0 Å². The van der Waals surface area contributed by atoms with Gasteiger partial charge in [-0.2, -0.15) is 13.2 Å². The summed E-state index contributed by atoms with van der Waals surface area (Å²) in [6.07, 6.45) is -5.08. The van der Waals surface area contributed by atoms with Crippen molar-refractivity contribution >= 4 is 28.6 Å². The maximum absolute atomic E-state index is 12.2. The van der Waals surface area contributed by atoms with Crippen LogP contribution in [0.25, 0.3) is 0 Å². The number of halogens is 3. The summed E-state index contributed by atoms with van der Waals surface area (Å²) in [4.78, 5) is 32.9. The van der Waals surface area contributed by atoms with Crippen LogP contribution in [-0.4, -0.2) is 55.4 Å². The Bertz CT molecular complexity index is 336. The molecule has 0 aromatic rings. The minimum atomic E-state index is -4.90. The first-order valence-corrected chi connectivity index (χ1v) is 7.31. The fraction of sp³-hybridized carbons (Fsp3) is 0.727. The predicted octanol–water partition coefficient (Wildman–Crippen LogP) is 0.862. The quantitative estimate of drug-likeness (QED) is 0.491. The number of ketones is 1. The Hall–Kier alpha value is -1.25. The highest BCUT2D eigenvalue weighted by Gasteiger charge is 2.42. The third-order valence-electron chi connectivity index (χ3n) is 2.30. The van der Waals surface area contributed by atoms with Crippen molar-refractivity contribution in [1.29, 1.82) is 0 Å². The maximum atomic E-state index is 12.2. The average Bonchev–Trinajstić information content (AvgIpc) is 2.39. The largest absolute Gasteiger partial charge is 0.469 e. The predicted molar refractivity (Wildman–Crippen MR) is 66.3 cm³/mol. The Morgan fingerprint density at radius 1 is 0.950 bits per heavy atom. The summed E-state index contributed by atoms with van der Waals surface area (Å²) >= 11 is 0. The van der Waals surface area contributed by atoms with E-state index in [9.17, 15) is 27.6 Å². The summed E-state index contributed by atoms with van der Waals surface area (Å²) in [6, 6.07) is 0. The first-order valence-electron chi connectivity index (χ1n) is 5.58. The molecular formula is C11H16F3O5S+. The lowest BCUT2D eigenvalue weighted by atomic mass is 10.4. The van der Waals surface area contributed by atoms with Crippen molar-refractivity contribution in [1.82, 2.24) is 0 Å². The number of carbonyl (C=O) groups excluding carboxylic acids is 3.